The molecule has 0 spiro atoms. The Morgan fingerprint density at radius 3 is 2.55 bits per heavy atom. The minimum Gasteiger partial charge on any atom is -0.493 e. The lowest BCUT2D eigenvalue weighted by Crippen LogP contribution is -2.21. The first kappa shape index (κ1) is 23.0. The molecule has 1 saturated heterocycles. The van der Waals surface area contributed by atoms with Gasteiger partial charge in [-0.1, -0.05) is 12.1 Å². The van der Waals surface area contributed by atoms with E-state index in [9.17, 15) is 4.79 Å². The Bertz CT molecular complexity index is 1090. The van der Waals surface area contributed by atoms with Crippen LogP contribution in [0.3, 0.4) is 0 Å². The second-order valence-corrected chi connectivity index (χ2v) is 8.36. The van der Waals surface area contributed by atoms with E-state index in [1.807, 2.05) is 36.4 Å². The summed E-state index contributed by atoms with van der Waals surface area (Å²) >= 11 is 0. The summed E-state index contributed by atoms with van der Waals surface area (Å²) < 4.78 is 13.2. The van der Waals surface area contributed by atoms with Crippen molar-refractivity contribution in [2.45, 2.75) is 39.7 Å². The van der Waals surface area contributed by atoms with Crippen molar-refractivity contribution in [2.75, 3.05) is 43.9 Å². The Morgan fingerprint density at radius 2 is 1.85 bits per heavy atom. The molecule has 7 heteroatoms. The number of carbonyl (C=O) groups excluding carboxylic acids is 1. The number of likely N-dealkylation sites (tertiary alicyclic amines) is 1. The van der Waals surface area contributed by atoms with E-state index >= 15 is 0 Å². The highest BCUT2D eigenvalue weighted by molar-refractivity contribution is 6.01. The van der Waals surface area contributed by atoms with Crippen LogP contribution in [0.5, 0.6) is 5.75 Å². The third kappa shape index (κ3) is 5.25. The summed E-state index contributed by atoms with van der Waals surface area (Å²) in [5, 5.41) is 3.74. The van der Waals surface area contributed by atoms with Crippen LogP contribution in [-0.2, 0) is 11.3 Å². The maximum absolute atomic E-state index is 11.7. The number of nitrogens with one attached hydrogen (secondary N) is 1. The highest BCUT2D eigenvalue weighted by Crippen LogP contribution is 2.38. The maximum Gasteiger partial charge on any atom is 0.411 e. The van der Waals surface area contributed by atoms with Crippen LogP contribution in [0.1, 0.15) is 33.1 Å². The number of nitrogens with two attached hydrogens (primary N) is 1. The van der Waals surface area contributed by atoms with Crippen LogP contribution in [0.2, 0.25) is 0 Å². The fourth-order valence-corrected chi connectivity index (χ4v) is 4.57. The molecular formula is C26H34N4O3. The quantitative estimate of drug-likeness (QED) is 0.430. The molecule has 2 heterocycles. The fraction of sp³-hybridized carbons (Fsp3) is 0.423. The van der Waals surface area contributed by atoms with Gasteiger partial charge in [0.05, 0.1) is 30.1 Å². The molecule has 1 fully saturated rings. The number of nitrogens with zero attached hydrogens (tertiary/aromatic N) is 2. The second-order valence-electron chi connectivity index (χ2n) is 8.36. The third-order valence-electron chi connectivity index (χ3n) is 6.16. The highest BCUT2D eigenvalue weighted by atomic mass is 16.5. The van der Waals surface area contributed by atoms with Gasteiger partial charge in [0.15, 0.2) is 0 Å². The van der Waals surface area contributed by atoms with Crippen LogP contribution in [0.25, 0.3) is 22.2 Å². The third-order valence-corrected chi connectivity index (χ3v) is 6.16. The first-order valence-corrected chi connectivity index (χ1v) is 11.9. The SMILES string of the molecule is CCOC(=O)Nc1ccc(-c2c(N)c3ccc(OCCCN4CCCC4)cc3n2CC)cc1. The Labute approximate surface area is 195 Å². The highest BCUT2D eigenvalue weighted by Gasteiger charge is 2.17. The number of nitrogen functional groups attached to an aromatic ring is 1. The minimum absolute atomic E-state index is 0.335. The van der Waals surface area contributed by atoms with E-state index in [0.29, 0.717) is 18.9 Å². The number of anilines is 2. The number of benzene rings is 2. The lowest BCUT2D eigenvalue weighted by atomic mass is 10.1. The predicted molar refractivity (Wildman–Crippen MR) is 134 cm³/mol. The lowest BCUT2D eigenvalue weighted by molar-refractivity contribution is 0.168. The number of aromatic nitrogens is 1. The van der Waals surface area contributed by atoms with Gasteiger partial charge in [0.25, 0.3) is 0 Å². The van der Waals surface area contributed by atoms with Crippen molar-refractivity contribution in [1.82, 2.24) is 9.47 Å². The van der Waals surface area contributed by atoms with Crippen molar-refractivity contribution < 1.29 is 14.3 Å². The van der Waals surface area contributed by atoms with Gasteiger partial charge < -0.3 is 24.7 Å². The number of hydrogen-bond acceptors (Lipinski definition) is 5. The van der Waals surface area contributed by atoms with Gasteiger partial charge in [0.1, 0.15) is 5.75 Å². The number of ether oxygens (including phenoxy) is 2. The summed E-state index contributed by atoms with van der Waals surface area (Å²) in [5.41, 5.74) is 11.1. The first-order valence-electron chi connectivity index (χ1n) is 11.9. The minimum atomic E-state index is -0.458. The van der Waals surface area contributed by atoms with Gasteiger partial charge >= 0.3 is 6.09 Å². The molecule has 0 unspecified atom stereocenters. The molecule has 4 rings (SSSR count). The zero-order chi connectivity index (χ0) is 23.2. The van der Waals surface area contributed by atoms with Crippen LogP contribution < -0.4 is 15.8 Å². The molecule has 0 aliphatic carbocycles. The Kier molecular flexibility index (Phi) is 7.40. The standard InChI is InChI=1S/C26H34N4O3/c1-3-30-23-18-21(33-17-7-16-29-14-5-6-15-29)12-13-22(23)24(27)25(30)19-8-10-20(11-9-19)28-26(31)32-4-2/h8-13,18H,3-7,14-17,27H2,1-2H3,(H,28,31). The molecule has 1 amide bonds. The van der Waals surface area contributed by atoms with Gasteiger partial charge in [0, 0.05) is 35.8 Å². The molecule has 176 valence electrons. The van der Waals surface area contributed by atoms with Crippen molar-refractivity contribution in [2.24, 2.45) is 0 Å². The predicted octanol–water partition coefficient (Wildman–Crippen LogP) is 5.34. The average molecular weight is 451 g/mol. The molecule has 33 heavy (non-hydrogen) atoms. The molecule has 3 aromatic rings. The Balaban J connectivity index is 1.51. The topological polar surface area (TPSA) is 81.8 Å². The van der Waals surface area contributed by atoms with Crippen LogP contribution in [0, 0.1) is 0 Å². The zero-order valence-corrected chi connectivity index (χ0v) is 19.6. The summed E-state index contributed by atoms with van der Waals surface area (Å²) in [5.74, 6) is 0.872. The van der Waals surface area contributed by atoms with Crippen molar-refractivity contribution in [1.29, 1.82) is 0 Å². The molecule has 0 atom stereocenters. The van der Waals surface area contributed by atoms with Crippen LogP contribution in [0.15, 0.2) is 42.5 Å². The Hall–Kier alpha value is -3.19. The molecule has 0 saturated carbocycles. The number of rotatable bonds is 9. The number of amides is 1. The van der Waals surface area contributed by atoms with E-state index in [0.717, 1.165) is 53.1 Å². The van der Waals surface area contributed by atoms with E-state index < -0.39 is 6.09 Å². The van der Waals surface area contributed by atoms with Crippen molar-refractivity contribution in [3.63, 3.8) is 0 Å². The molecule has 0 radical (unpaired) electrons. The van der Waals surface area contributed by atoms with Crippen LogP contribution >= 0.6 is 0 Å². The van der Waals surface area contributed by atoms with Gasteiger partial charge in [-0.15, -0.1) is 0 Å². The molecule has 7 nitrogen and oxygen atoms in total. The first-order chi connectivity index (χ1) is 16.1. The summed E-state index contributed by atoms with van der Waals surface area (Å²) in [6, 6.07) is 13.8. The van der Waals surface area contributed by atoms with Gasteiger partial charge in [0.2, 0.25) is 0 Å². The molecule has 1 aliphatic rings. The molecule has 0 bridgehead atoms. The molecule has 1 aliphatic heterocycles. The molecule has 3 N–H and O–H groups in total. The van der Waals surface area contributed by atoms with Crippen molar-refractivity contribution >= 4 is 28.4 Å². The summed E-state index contributed by atoms with van der Waals surface area (Å²) in [6.45, 7) is 9.27. The van der Waals surface area contributed by atoms with Gasteiger partial charge in [-0.3, -0.25) is 5.32 Å². The van der Waals surface area contributed by atoms with Crippen LogP contribution in [-0.4, -0.2) is 48.4 Å². The summed E-state index contributed by atoms with van der Waals surface area (Å²) in [4.78, 5) is 14.2. The molecular weight excluding hydrogens is 416 g/mol. The smallest absolute Gasteiger partial charge is 0.411 e. The summed E-state index contributed by atoms with van der Waals surface area (Å²) in [7, 11) is 0. The van der Waals surface area contributed by atoms with Crippen LogP contribution in [0.4, 0.5) is 16.2 Å². The average Bonchev–Trinajstić information content (AvgIpc) is 3.43. The van der Waals surface area contributed by atoms with Gasteiger partial charge in [-0.2, -0.15) is 0 Å². The van der Waals surface area contributed by atoms with Crippen molar-refractivity contribution in [3.8, 4) is 17.0 Å². The van der Waals surface area contributed by atoms with E-state index in [-0.39, 0.29) is 0 Å². The van der Waals surface area contributed by atoms with Crippen molar-refractivity contribution in [3.05, 3.63) is 42.5 Å². The van der Waals surface area contributed by atoms with E-state index in [4.69, 9.17) is 15.2 Å². The maximum atomic E-state index is 11.7. The molecule has 1 aromatic heterocycles. The van der Waals surface area contributed by atoms with Gasteiger partial charge in [-0.25, -0.2) is 4.79 Å². The fourth-order valence-electron chi connectivity index (χ4n) is 4.57. The normalized spacial score (nSPS) is 14.0. The number of aryl methyl sites for hydroxylation is 1. The van der Waals surface area contributed by atoms with E-state index in [1.54, 1.807) is 6.92 Å². The number of fused-ring (bicyclic) bond motifs is 1. The second kappa shape index (κ2) is 10.6. The van der Waals surface area contributed by atoms with E-state index in [2.05, 4.69) is 27.8 Å². The molecule has 2 aromatic carbocycles. The number of carbonyl (C=O) groups is 1. The number of hydrogen-bond donors (Lipinski definition) is 2. The Morgan fingerprint density at radius 1 is 1.09 bits per heavy atom. The summed E-state index contributed by atoms with van der Waals surface area (Å²) in [6.07, 6.45) is 3.21. The van der Waals surface area contributed by atoms with Gasteiger partial charge in [-0.05, 0) is 70.5 Å². The lowest BCUT2D eigenvalue weighted by Gasteiger charge is -2.14. The monoisotopic (exact) mass is 450 g/mol. The zero-order valence-electron chi connectivity index (χ0n) is 19.6. The van der Waals surface area contributed by atoms with E-state index in [1.165, 1.54) is 25.9 Å². The largest absolute Gasteiger partial charge is 0.493 e.